The standard InChI is InChI=1S/C8H17N/c1-7(2)5-4-6-8(3)9/h8H,1,4-6,9H2,2-3H3/t8-/m1/s1. The maximum Gasteiger partial charge on any atom is 0.00105 e. The van der Waals surface area contributed by atoms with E-state index in [9.17, 15) is 0 Å². The van der Waals surface area contributed by atoms with Gasteiger partial charge in [-0.3, -0.25) is 0 Å². The van der Waals surface area contributed by atoms with Crippen molar-refractivity contribution in [2.75, 3.05) is 0 Å². The predicted octanol–water partition coefficient (Wildman–Crippen LogP) is 2.08. The molecule has 1 nitrogen and oxygen atoms in total. The van der Waals surface area contributed by atoms with Crippen LogP contribution in [0.2, 0.25) is 0 Å². The molecule has 0 aromatic rings. The molecule has 0 aromatic heterocycles. The highest BCUT2D eigenvalue weighted by Crippen LogP contribution is 2.04. The second-order valence-corrected chi connectivity index (χ2v) is 2.83. The first-order valence-electron chi connectivity index (χ1n) is 3.53. The lowest BCUT2D eigenvalue weighted by Gasteiger charge is -2.02. The Labute approximate surface area is 57.9 Å². The molecule has 0 radical (unpaired) electrons. The Kier molecular flexibility index (Phi) is 4.41. The van der Waals surface area contributed by atoms with E-state index in [-0.39, 0.29) is 0 Å². The number of rotatable bonds is 4. The first kappa shape index (κ1) is 8.70. The molecule has 0 heterocycles. The van der Waals surface area contributed by atoms with Crippen molar-refractivity contribution in [1.29, 1.82) is 0 Å². The molecule has 1 atom stereocenters. The van der Waals surface area contributed by atoms with Crippen LogP contribution in [0.15, 0.2) is 12.2 Å². The van der Waals surface area contributed by atoms with Gasteiger partial charge in [-0.2, -0.15) is 0 Å². The molecular formula is C8H17N. The fraction of sp³-hybridized carbons (Fsp3) is 0.750. The third kappa shape index (κ3) is 7.70. The number of hydrogen-bond donors (Lipinski definition) is 1. The SMILES string of the molecule is C=C(C)CCC[C@@H](C)N. The Hall–Kier alpha value is -0.300. The molecule has 0 unspecified atom stereocenters. The van der Waals surface area contributed by atoms with Crippen molar-refractivity contribution in [3.8, 4) is 0 Å². The molecule has 0 aliphatic carbocycles. The molecule has 9 heavy (non-hydrogen) atoms. The van der Waals surface area contributed by atoms with Crippen LogP contribution >= 0.6 is 0 Å². The molecule has 0 bridgehead atoms. The Balaban J connectivity index is 3.01. The van der Waals surface area contributed by atoms with Gasteiger partial charge in [-0.1, -0.05) is 5.57 Å². The molecule has 0 aliphatic rings. The van der Waals surface area contributed by atoms with Gasteiger partial charge >= 0.3 is 0 Å². The van der Waals surface area contributed by atoms with Crippen molar-refractivity contribution in [2.24, 2.45) is 5.73 Å². The number of nitrogens with two attached hydrogens (primary N) is 1. The number of allylic oxidation sites excluding steroid dienone is 1. The van der Waals surface area contributed by atoms with E-state index >= 15 is 0 Å². The number of hydrogen-bond acceptors (Lipinski definition) is 1. The van der Waals surface area contributed by atoms with Crippen LogP contribution in [-0.2, 0) is 0 Å². The van der Waals surface area contributed by atoms with Gasteiger partial charge < -0.3 is 5.73 Å². The highest BCUT2D eigenvalue weighted by atomic mass is 14.6. The molecule has 0 aromatic carbocycles. The van der Waals surface area contributed by atoms with Crippen molar-refractivity contribution >= 4 is 0 Å². The predicted molar refractivity (Wildman–Crippen MR) is 42.3 cm³/mol. The smallest absolute Gasteiger partial charge is 0.00105 e. The van der Waals surface area contributed by atoms with Gasteiger partial charge in [-0.15, -0.1) is 6.58 Å². The van der Waals surface area contributed by atoms with E-state index in [0.29, 0.717) is 6.04 Å². The summed E-state index contributed by atoms with van der Waals surface area (Å²) >= 11 is 0. The molecule has 0 fully saturated rings. The van der Waals surface area contributed by atoms with Crippen LogP contribution in [0.5, 0.6) is 0 Å². The van der Waals surface area contributed by atoms with Crippen molar-refractivity contribution in [3.63, 3.8) is 0 Å². The third-order valence-electron chi connectivity index (χ3n) is 1.26. The van der Waals surface area contributed by atoms with E-state index in [2.05, 4.69) is 13.5 Å². The monoisotopic (exact) mass is 127 g/mol. The van der Waals surface area contributed by atoms with Gasteiger partial charge in [-0.25, -0.2) is 0 Å². The zero-order valence-corrected chi connectivity index (χ0v) is 6.48. The maximum absolute atomic E-state index is 5.55. The molecule has 0 rings (SSSR count). The minimum Gasteiger partial charge on any atom is -0.328 e. The van der Waals surface area contributed by atoms with Crippen LogP contribution in [-0.4, -0.2) is 6.04 Å². The highest BCUT2D eigenvalue weighted by Gasteiger charge is 1.92. The minimum atomic E-state index is 0.351. The molecular weight excluding hydrogens is 110 g/mol. The average Bonchev–Trinajstić information content (AvgIpc) is 1.63. The summed E-state index contributed by atoms with van der Waals surface area (Å²) in [5.41, 5.74) is 6.81. The first-order valence-corrected chi connectivity index (χ1v) is 3.53. The fourth-order valence-electron chi connectivity index (χ4n) is 0.726. The van der Waals surface area contributed by atoms with Crippen molar-refractivity contribution in [1.82, 2.24) is 0 Å². The summed E-state index contributed by atoms with van der Waals surface area (Å²) in [6.45, 7) is 7.91. The van der Waals surface area contributed by atoms with Gasteiger partial charge in [-0.05, 0) is 33.1 Å². The summed E-state index contributed by atoms with van der Waals surface area (Å²) in [7, 11) is 0. The fourth-order valence-corrected chi connectivity index (χ4v) is 0.726. The third-order valence-corrected chi connectivity index (χ3v) is 1.26. The quantitative estimate of drug-likeness (QED) is 0.575. The molecule has 0 amide bonds. The molecule has 0 saturated carbocycles. The van der Waals surface area contributed by atoms with Crippen LogP contribution in [0.4, 0.5) is 0 Å². The van der Waals surface area contributed by atoms with Crippen LogP contribution in [0.25, 0.3) is 0 Å². The lowest BCUT2D eigenvalue weighted by atomic mass is 10.1. The topological polar surface area (TPSA) is 26.0 Å². The molecule has 54 valence electrons. The summed E-state index contributed by atoms with van der Waals surface area (Å²) in [5, 5.41) is 0. The average molecular weight is 127 g/mol. The van der Waals surface area contributed by atoms with E-state index in [1.165, 1.54) is 12.0 Å². The van der Waals surface area contributed by atoms with Crippen molar-refractivity contribution < 1.29 is 0 Å². The second-order valence-electron chi connectivity index (χ2n) is 2.83. The van der Waals surface area contributed by atoms with Gasteiger partial charge in [0.15, 0.2) is 0 Å². The van der Waals surface area contributed by atoms with E-state index in [1.54, 1.807) is 0 Å². The largest absolute Gasteiger partial charge is 0.328 e. The van der Waals surface area contributed by atoms with E-state index in [4.69, 9.17) is 5.73 Å². The minimum absolute atomic E-state index is 0.351. The zero-order valence-electron chi connectivity index (χ0n) is 6.48. The van der Waals surface area contributed by atoms with Crippen molar-refractivity contribution in [2.45, 2.75) is 39.2 Å². The first-order chi connectivity index (χ1) is 4.13. The Morgan fingerprint density at radius 2 is 2.22 bits per heavy atom. The van der Waals surface area contributed by atoms with Gasteiger partial charge in [0.05, 0.1) is 0 Å². The Morgan fingerprint density at radius 3 is 2.56 bits per heavy atom. The van der Waals surface area contributed by atoms with Crippen molar-refractivity contribution in [3.05, 3.63) is 12.2 Å². The summed E-state index contributed by atoms with van der Waals surface area (Å²) in [5.74, 6) is 0. The van der Waals surface area contributed by atoms with Gasteiger partial charge in [0.2, 0.25) is 0 Å². The molecule has 2 N–H and O–H groups in total. The van der Waals surface area contributed by atoms with Gasteiger partial charge in [0.25, 0.3) is 0 Å². The molecule has 0 spiro atoms. The Bertz CT molecular complexity index is 84.6. The summed E-state index contributed by atoms with van der Waals surface area (Å²) in [6.07, 6.45) is 3.43. The van der Waals surface area contributed by atoms with E-state index in [0.717, 1.165) is 12.8 Å². The van der Waals surface area contributed by atoms with Crippen LogP contribution in [0.3, 0.4) is 0 Å². The highest BCUT2D eigenvalue weighted by molar-refractivity contribution is 4.87. The second kappa shape index (κ2) is 4.57. The maximum atomic E-state index is 5.55. The van der Waals surface area contributed by atoms with Crippen LogP contribution in [0, 0.1) is 0 Å². The van der Waals surface area contributed by atoms with E-state index in [1.807, 2.05) is 6.92 Å². The molecule has 1 heteroatoms. The zero-order chi connectivity index (χ0) is 7.28. The van der Waals surface area contributed by atoms with Crippen LogP contribution < -0.4 is 5.73 Å². The molecule has 0 saturated heterocycles. The van der Waals surface area contributed by atoms with E-state index < -0.39 is 0 Å². The summed E-state index contributed by atoms with van der Waals surface area (Å²) in [6, 6.07) is 0.351. The summed E-state index contributed by atoms with van der Waals surface area (Å²) in [4.78, 5) is 0. The normalized spacial score (nSPS) is 13.2. The lowest BCUT2D eigenvalue weighted by molar-refractivity contribution is 0.623. The van der Waals surface area contributed by atoms with Gasteiger partial charge in [0, 0.05) is 6.04 Å². The lowest BCUT2D eigenvalue weighted by Crippen LogP contribution is -2.13. The Morgan fingerprint density at radius 1 is 1.67 bits per heavy atom. The summed E-state index contributed by atoms with van der Waals surface area (Å²) < 4.78 is 0. The molecule has 0 aliphatic heterocycles. The van der Waals surface area contributed by atoms with Gasteiger partial charge in [0.1, 0.15) is 0 Å². The van der Waals surface area contributed by atoms with Crippen LogP contribution in [0.1, 0.15) is 33.1 Å².